The molecule has 0 aromatic heterocycles. The lowest BCUT2D eigenvalue weighted by molar-refractivity contribution is -0.133. The van der Waals surface area contributed by atoms with E-state index in [2.05, 4.69) is 25.7 Å². The van der Waals surface area contributed by atoms with E-state index in [1.807, 2.05) is 29.2 Å². The number of β-amino-alcohol motifs (C(OH)–C–C–N with tert-alkyl or cyclic N) is 1. The summed E-state index contributed by atoms with van der Waals surface area (Å²) in [4.78, 5) is 16.6. The number of ether oxygens (including phenoxy) is 1. The summed E-state index contributed by atoms with van der Waals surface area (Å²) in [5, 5.41) is 10.2. The number of hydrogen-bond acceptors (Lipinski definition) is 4. The van der Waals surface area contributed by atoms with E-state index in [4.69, 9.17) is 4.74 Å². The number of aliphatic hydroxyl groups excluding tert-OH is 1. The molecule has 25 heavy (non-hydrogen) atoms. The third-order valence-corrected chi connectivity index (χ3v) is 4.94. The number of nitrogens with zero attached hydrogens (tertiary/aromatic N) is 2. The van der Waals surface area contributed by atoms with E-state index < -0.39 is 0 Å². The van der Waals surface area contributed by atoms with Gasteiger partial charge in [-0.25, -0.2) is 0 Å². The molecule has 1 atom stereocenters. The van der Waals surface area contributed by atoms with Crippen LogP contribution in [0.25, 0.3) is 0 Å². The van der Waals surface area contributed by atoms with Crippen LogP contribution in [-0.4, -0.2) is 66.8 Å². The van der Waals surface area contributed by atoms with Crippen molar-refractivity contribution in [1.29, 1.82) is 0 Å². The molecule has 5 nitrogen and oxygen atoms in total. The highest BCUT2D eigenvalue weighted by atomic mass is 16.5. The maximum atomic E-state index is 12.4. The van der Waals surface area contributed by atoms with Gasteiger partial charge in [0.25, 0.3) is 0 Å². The molecule has 0 saturated carbocycles. The summed E-state index contributed by atoms with van der Waals surface area (Å²) in [5.41, 5.74) is 1.05. The van der Waals surface area contributed by atoms with Crippen molar-refractivity contribution in [3.8, 4) is 5.75 Å². The van der Waals surface area contributed by atoms with Gasteiger partial charge < -0.3 is 14.7 Å². The summed E-state index contributed by atoms with van der Waals surface area (Å²) in [6.45, 7) is 10.0. The van der Waals surface area contributed by atoms with E-state index in [-0.39, 0.29) is 17.4 Å². The summed E-state index contributed by atoms with van der Waals surface area (Å²) < 4.78 is 5.15. The number of carbonyl (C=O) groups excluding carboxylic acids is 1. The van der Waals surface area contributed by atoms with Gasteiger partial charge in [-0.1, -0.05) is 32.9 Å². The van der Waals surface area contributed by atoms with Gasteiger partial charge in [0, 0.05) is 39.1 Å². The minimum Gasteiger partial charge on any atom is -0.497 e. The topological polar surface area (TPSA) is 53.0 Å². The van der Waals surface area contributed by atoms with E-state index in [0.29, 0.717) is 13.0 Å². The van der Waals surface area contributed by atoms with Crippen LogP contribution >= 0.6 is 0 Å². The second-order valence-corrected chi connectivity index (χ2v) is 7.91. The summed E-state index contributed by atoms with van der Waals surface area (Å²) >= 11 is 0. The van der Waals surface area contributed by atoms with Gasteiger partial charge in [0.05, 0.1) is 13.2 Å². The number of benzene rings is 1. The van der Waals surface area contributed by atoms with Gasteiger partial charge in [-0.05, 0) is 29.5 Å². The fraction of sp³-hybridized carbons (Fsp3) is 0.650. The molecule has 5 heteroatoms. The maximum absolute atomic E-state index is 12.4. The number of hydrogen-bond donors (Lipinski definition) is 1. The zero-order chi connectivity index (χ0) is 18.4. The molecule has 1 aromatic carbocycles. The highest BCUT2D eigenvalue weighted by molar-refractivity contribution is 5.76. The minimum absolute atomic E-state index is 0.106. The number of aliphatic hydroxyl groups is 1. The molecule has 1 aromatic rings. The van der Waals surface area contributed by atoms with Crippen molar-refractivity contribution < 1.29 is 14.6 Å². The van der Waals surface area contributed by atoms with Gasteiger partial charge in [-0.15, -0.1) is 0 Å². The summed E-state index contributed by atoms with van der Waals surface area (Å²) in [7, 11) is 1.65. The fourth-order valence-electron chi connectivity index (χ4n) is 2.90. The predicted octanol–water partition coefficient (Wildman–Crippen LogP) is 2.18. The van der Waals surface area contributed by atoms with E-state index >= 15 is 0 Å². The maximum Gasteiger partial charge on any atom is 0.222 e. The van der Waals surface area contributed by atoms with Crippen molar-refractivity contribution in [1.82, 2.24) is 9.80 Å². The Labute approximate surface area is 151 Å². The van der Waals surface area contributed by atoms with Crippen molar-refractivity contribution in [2.24, 2.45) is 5.41 Å². The average Bonchev–Trinajstić information content (AvgIpc) is 2.60. The van der Waals surface area contributed by atoms with Crippen LogP contribution in [0.3, 0.4) is 0 Å². The van der Waals surface area contributed by atoms with E-state index in [0.717, 1.165) is 43.9 Å². The summed E-state index contributed by atoms with van der Waals surface area (Å²) in [6, 6.07) is 7.88. The van der Waals surface area contributed by atoms with Crippen LogP contribution in [0.15, 0.2) is 24.3 Å². The third-order valence-electron chi connectivity index (χ3n) is 4.94. The van der Waals surface area contributed by atoms with E-state index in [1.165, 1.54) is 0 Å². The van der Waals surface area contributed by atoms with E-state index in [1.54, 1.807) is 7.11 Å². The second kappa shape index (κ2) is 8.68. The number of aryl methyl sites for hydroxylation is 1. The van der Waals surface area contributed by atoms with Gasteiger partial charge in [0.1, 0.15) is 5.75 Å². The molecule has 1 N–H and O–H groups in total. The van der Waals surface area contributed by atoms with Gasteiger partial charge >= 0.3 is 0 Å². The third kappa shape index (κ3) is 6.01. The Morgan fingerprint density at radius 3 is 2.28 bits per heavy atom. The first-order valence-corrected chi connectivity index (χ1v) is 9.10. The Kier molecular flexibility index (Phi) is 6.85. The molecule has 1 amide bonds. The molecule has 1 heterocycles. The molecular weight excluding hydrogens is 316 g/mol. The number of amides is 1. The van der Waals surface area contributed by atoms with Crippen LogP contribution in [0.1, 0.15) is 32.8 Å². The lowest BCUT2D eigenvalue weighted by Crippen LogP contribution is -2.51. The Balaban J connectivity index is 1.73. The van der Waals surface area contributed by atoms with Gasteiger partial charge in [0.15, 0.2) is 0 Å². The Hall–Kier alpha value is -1.59. The molecule has 140 valence electrons. The zero-order valence-corrected chi connectivity index (χ0v) is 16.0. The molecular formula is C20H32N2O3. The zero-order valence-electron chi connectivity index (χ0n) is 16.0. The number of piperazine rings is 1. The van der Waals surface area contributed by atoms with Crippen LogP contribution in [-0.2, 0) is 11.2 Å². The van der Waals surface area contributed by atoms with Crippen molar-refractivity contribution in [2.75, 3.05) is 39.8 Å². The molecule has 0 unspecified atom stereocenters. The molecule has 1 aliphatic heterocycles. The number of rotatable bonds is 6. The van der Waals surface area contributed by atoms with Crippen LogP contribution in [0.4, 0.5) is 0 Å². The van der Waals surface area contributed by atoms with Crippen molar-refractivity contribution in [3.63, 3.8) is 0 Å². The second-order valence-electron chi connectivity index (χ2n) is 7.91. The Morgan fingerprint density at radius 2 is 1.76 bits per heavy atom. The van der Waals surface area contributed by atoms with Gasteiger partial charge in [0.2, 0.25) is 5.91 Å². The molecule has 2 rings (SSSR count). The van der Waals surface area contributed by atoms with Gasteiger partial charge in [-0.3, -0.25) is 9.69 Å². The Morgan fingerprint density at radius 1 is 1.16 bits per heavy atom. The van der Waals surface area contributed by atoms with Crippen molar-refractivity contribution >= 4 is 5.91 Å². The molecule has 1 saturated heterocycles. The largest absolute Gasteiger partial charge is 0.497 e. The number of carbonyl (C=O) groups is 1. The predicted molar refractivity (Wildman–Crippen MR) is 99.8 cm³/mol. The first-order valence-electron chi connectivity index (χ1n) is 9.10. The lowest BCUT2D eigenvalue weighted by atomic mass is 9.89. The first-order chi connectivity index (χ1) is 11.8. The quantitative estimate of drug-likeness (QED) is 0.856. The van der Waals surface area contributed by atoms with Crippen molar-refractivity contribution in [3.05, 3.63) is 29.8 Å². The van der Waals surface area contributed by atoms with E-state index in [9.17, 15) is 9.90 Å². The monoisotopic (exact) mass is 348 g/mol. The molecule has 0 spiro atoms. The standard InChI is InChI=1S/C20H32N2O3/c1-20(2,3)18(23)15-21-11-13-22(14-12-21)19(24)10-7-16-5-8-17(25-4)9-6-16/h5-6,8-9,18,23H,7,10-15H2,1-4H3/t18-/m0/s1. The van der Waals surface area contributed by atoms with Gasteiger partial charge in [-0.2, -0.15) is 0 Å². The fourth-order valence-corrected chi connectivity index (χ4v) is 2.90. The molecule has 1 aliphatic rings. The van der Waals surface area contributed by atoms with Crippen LogP contribution < -0.4 is 4.74 Å². The summed E-state index contributed by atoms with van der Waals surface area (Å²) in [5.74, 6) is 1.05. The van der Waals surface area contributed by atoms with Crippen LogP contribution in [0.5, 0.6) is 5.75 Å². The average molecular weight is 348 g/mol. The molecule has 0 bridgehead atoms. The number of methoxy groups -OCH3 is 1. The SMILES string of the molecule is COc1ccc(CCC(=O)N2CCN(C[C@H](O)C(C)(C)C)CC2)cc1. The Bertz CT molecular complexity index is 543. The highest BCUT2D eigenvalue weighted by Gasteiger charge is 2.27. The lowest BCUT2D eigenvalue weighted by Gasteiger charge is -2.38. The molecule has 0 aliphatic carbocycles. The van der Waals surface area contributed by atoms with Crippen LogP contribution in [0.2, 0.25) is 0 Å². The normalized spacial score (nSPS) is 17.4. The smallest absolute Gasteiger partial charge is 0.222 e. The first kappa shape index (κ1) is 19.7. The molecule has 0 radical (unpaired) electrons. The van der Waals surface area contributed by atoms with Crippen LogP contribution in [0, 0.1) is 5.41 Å². The highest BCUT2D eigenvalue weighted by Crippen LogP contribution is 2.20. The molecule has 1 fully saturated rings. The summed E-state index contributed by atoms with van der Waals surface area (Å²) in [6.07, 6.45) is 0.952. The minimum atomic E-state index is -0.343. The van der Waals surface area contributed by atoms with Crippen molar-refractivity contribution in [2.45, 2.75) is 39.7 Å².